The van der Waals surface area contributed by atoms with E-state index >= 15 is 0 Å². The molecule has 1 amide bonds. The fourth-order valence-electron chi connectivity index (χ4n) is 2.43. The second-order valence-corrected chi connectivity index (χ2v) is 5.79. The van der Waals surface area contributed by atoms with E-state index in [1.54, 1.807) is 0 Å². The molecule has 0 bridgehead atoms. The average molecular weight is 318 g/mol. The molecule has 5 heteroatoms. The summed E-state index contributed by atoms with van der Waals surface area (Å²) in [6.07, 6.45) is 4.26. The monoisotopic (exact) mass is 318 g/mol. The highest BCUT2D eigenvalue weighted by molar-refractivity contribution is 5.79. The summed E-state index contributed by atoms with van der Waals surface area (Å²) >= 11 is 0. The van der Waals surface area contributed by atoms with Crippen LogP contribution in [0.4, 0.5) is 5.69 Å². The van der Waals surface area contributed by atoms with E-state index in [0.29, 0.717) is 13.0 Å². The maximum atomic E-state index is 11.9. The van der Waals surface area contributed by atoms with E-state index in [0.717, 1.165) is 37.2 Å². The van der Waals surface area contributed by atoms with Crippen LogP contribution >= 0.6 is 0 Å². The average Bonchev–Trinajstić information content (AvgIpc) is 2.60. The number of nitrogens with one attached hydrogen (secondary N) is 2. The highest BCUT2D eigenvalue weighted by Gasteiger charge is 2.09. The second-order valence-electron chi connectivity index (χ2n) is 5.79. The van der Waals surface area contributed by atoms with Gasteiger partial charge in [-0.05, 0) is 36.1 Å². The van der Waals surface area contributed by atoms with Crippen molar-refractivity contribution in [1.82, 2.24) is 5.32 Å². The molecule has 1 unspecified atom stereocenters. The van der Waals surface area contributed by atoms with Gasteiger partial charge in [-0.3, -0.25) is 4.79 Å². The molecule has 0 fully saturated rings. The number of benzene rings is 1. The lowest BCUT2D eigenvalue weighted by Gasteiger charge is -2.15. The minimum atomic E-state index is -0.158. The molecule has 3 N–H and O–H groups in total. The van der Waals surface area contributed by atoms with E-state index in [2.05, 4.69) is 16.7 Å². The Labute approximate surface area is 137 Å². The Balaban J connectivity index is 1.79. The number of carbonyl (C=O) groups is 1. The van der Waals surface area contributed by atoms with Gasteiger partial charge in [0, 0.05) is 12.2 Å². The molecular formula is C18H26N2O3. The molecule has 0 saturated heterocycles. The number of aliphatic hydroxyl groups excluding tert-OH is 1. The molecule has 1 aliphatic heterocycles. The van der Waals surface area contributed by atoms with Gasteiger partial charge in [0.2, 0.25) is 5.91 Å². The molecule has 0 radical (unpaired) electrons. The Hall–Kier alpha value is -1.85. The fourth-order valence-corrected chi connectivity index (χ4v) is 2.43. The highest BCUT2D eigenvalue weighted by atomic mass is 16.5. The molecule has 1 aromatic carbocycles. The van der Waals surface area contributed by atoms with Gasteiger partial charge in [0.05, 0.1) is 32.3 Å². The smallest absolute Gasteiger partial charge is 0.224 e. The summed E-state index contributed by atoms with van der Waals surface area (Å²) in [5.41, 5.74) is 3.26. The van der Waals surface area contributed by atoms with Crippen LogP contribution in [0.3, 0.4) is 0 Å². The predicted octanol–water partition coefficient (Wildman–Crippen LogP) is 1.87. The van der Waals surface area contributed by atoms with Crippen LogP contribution in [-0.4, -0.2) is 43.4 Å². The van der Waals surface area contributed by atoms with Crippen LogP contribution in [-0.2, 0) is 16.0 Å². The standard InChI is InChI=1S/C18H26N2O3/c1-2-16(12-21)20-18(22)10-14-5-7-17(8-6-14)19-11-15-4-3-9-23-13-15/h4-8,16,19,21H,2-3,9-13H2,1H3,(H,20,22). The Kier molecular flexibility index (Phi) is 7.10. The third-order valence-corrected chi connectivity index (χ3v) is 3.90. The van der Waals surface area contributed by atoms with Crippen LogP contribution in [0.1, 0.15) is 25.3 Å². The zero-order valence-electron chi connectivity index (χ0n) is 13.7. The molecule has 0 saturated carbocycles. The van der Waals surface area contributed by atoms with E-state index in [1.165, 1.54) is 5.57 Å². The molecule has 5 nitrogen and oxygen atoms in total. The second kappa shape index (κ2) is 9.33. The van der Waals surface area contributed by atoms with Gasteiger partial charge in [-0.1, -0.05) is 25.1 Å². The molecule has 1 aliphatic rings. The Morgan fingerprint density at radius 3 is 2.74 bits per heavy atom. The third kappa shape index (κ3) is 6.04. The number of aliphatic hydroxyl groups is 1. The van der Waals surface area contributed by atoms with Crippen molar-refractivity contribution in [3.63, 3.8) is 0 Å². The van der Waals surface area contributed by atoms with Gasteiger partial charge in [0.25, 0.3) is 0 Å². The summed E-state index contributed by atoms with van der Waals surface area (Å²) in [7, 11) is 0. The van der Waals surface area contributed by atoms with Gasteiger partial charge in [0.1, 0.15) is 0 Å². The van der Waals surface area contributed by atoms with Crippen LogP contribution in [0.5, 0.6) is 0 Å². The van der Waals surface area contributed by atoms with Crippen molar-refractivity contribution < 1.29 is 14.6 Å². The van der Waals surface area contributed by atoms with Crippen molar-refractivity contribution in [2.75, 3.05) is 31.7 Å². The molecule has 0 aromatic heterocycles. The molecule has 23 heavy (non-hydrogen) atoms. The molecule has 2 rings (SSSR count). The maximum Gasteiger partial charge on any atom is 0.224 e. The van der Waals surface area contributed by atoms with Crippen molar-refractivity contribution in [2.24, 2.45) is 0 Å². The highest BCUT2D eigenvalue weighted by Crippen LogP contribution is 2.12. The molecule has 1 atom stereocenters. The van der Waals surface area contributed by atoms with Crippen molar-refractivity contribution in [2.45, 2.75) is 32.2 Å². The summed E-state index contributed by atoms with van der Waals surface area (Å²) in [4.78, 5) is 11.9. The van der Waals surface area contributed by atoms with Crippen molar-refractivity contribution >= 4 is 11.6 Å². The van der Waals surface area contributed by atoms with E-state index in [1.807, 2.05) is 31.2 Å². The number of hydrogen-bond acceptors (Lipinski definition) is 4. The van der Waals surface area contributed by atoms with Gasteiger partial charge in [-0.2, -0.15) is 0 Å². The lowest BCUT2D eigenvalue weighted by atomic mass is 10.1. The third-order valence-electron chi connectivity index (χ3n) is 3.90. The topological polar surface area (TPSA) is 70.6 Å². The Morgan fingerprint density at radius 1 is 1.35 bits per heavy atom. The fraction of sp³-hybridized carbons (Fsp3) is 0.500. The van der Waals surface area contributed by atoms with Crippen LogP contribution in [0.15, 0.2) is 35.9 Å². The van der Waals surface area contributed by atoms with Gasteiger partial charge in [-0.25, -0.2) is 0 Å². The Bertz CT molecular complexity index is 522. The van der Waals surface area contributed by atoms with E-state index in [4.69, 9.17) is 9.84 Å². The SMILES string of the molecule is CCC(CO)NC(=O)Cc1ccc(NCC2=CCCOC2)cc1. The van der Waals surface area contributed by atoms with Crippen molar-refractivity contribution in [1.29, 1.82) is 0 Å². The van der Waals surface area contributed by atoms with Gasteiger partial charge in [0.15, 0.2) is 0 Å². The largest absolute Gasteiger partial charge is 0.394 e. The quantitative estimate of drug-likeness (QED) is 0.640. The minimum Gasteiger partial charge on any atom is -0.394 e. The van der Waals surface area contributed by atoms with Gasteiger partial charge < -0.3 is 20.5 Å². The first-order chi connectivity index (χ1) is 11.2. The predicted molar refractivity (Wildman–Crippen MR) is 91.5 cm³/mol. The molecule has 1 aromatic rings. The summed E-state index contributed by atoms with van der Waals surface area (Å²) < 4.78 is 5.41. The zero-order valence-corrected chi connectivity index (χ0v) is 13.7. The molecular weight excluding hydrogens is 292 g/mol. The summed E-state index contributed by atoms with van der Waals surface area (Å²) in [5.74, 6) is -0.0591. The summed E-state index contributed by atoms with van der Waals surface area (Å²) in [6, 6.07) is 7.71. The van der Waals surface area contributed by atoms with Gasteiger partial charge in [-0.15, -0.1) is 0 Å². The first-order valence-corrected chi connectivity index (χ1v) is 8.20. The lowest BCUT2D eigenvalue weighted by Crippen LogP contribution is -2.37. The van der Waals surface area contributed by atoms with E-state index in [-0.39, 0.29) is 18.6 Å². The minimum absolute atomic E-state index is 0.0232. The first kappa shape index (κ1) is 17.5. The normalized spacial score (nSPS) is 15.7. The van der Waals surface area contributed by atoms with Crippen LogP contribution in [0, 0.1) is 0 Å². The Morgan fingerprint density at radius 2 is 2.13 bits per heavy atom. The number of hydrogen-bond donors (Lipinski definition) is 3. The van der Waals surface area contributed by atoms with Crippen LogP contribution < -0.4 is 10.6 Å². The maximum absolute atomic E-state index is 11.9. The van der Waals surface area contributed by atoms with Crippen LogP contribution in [0.2, 0.25) is 0 Å². The van der Waals surface area contributed by atoms with E-state index in [9.17, 15) is 4.79 Å². The van der Waals surface area contributed by atoms with E-state index < -0.39 is 0 Å². The van der Waals surface area contributed by atoms with Gasteiger partial charge >= 0.3 is 0 Å². The lowest BCUT2D eigenvalue weighted by molar-refractivity contribution is -0.121. The van der Waals surface area contributed by atoms with Crippen molar-refractivity contribution in [3.8, 4) is 0 Å². The number of rotatable bonds is 8. The number of carbonyl (C=O) groups excluding carboxylic acids is 1. The zero-order chi connectivity index (χ0) is 16.5. The molecule has 1 heterocycles. The number of amides is 1. The van der Waals surface area contributed by atoms with Crippen molar-refractivity contribution in [3.05, 3.63) is 41.5 Å². The first-order valence-electron chi connectivity index (χ1n) is 8.20. The summed E-state index contributed by atoms with van der Waals surface area (Å²) in [6.45, 7) is 4.22. The number of ether oxygens (including phenoxy) is 1. The molecule has 0 aliphatic carbocycles. The molecule has 0 spiro atoms. The van der Waals surface area contributed by atoms with Crippen LogP contribution in [0.25, 0.3) is 0 Å². The number of anilines is 1. The molecule has 126 valence electrons. The summed E-state index contributed by atoms with van der Waals surface area (Å²) in [5, 5.41) is 15.3.